The van der Waals surface area contributed by atoms with Crippen LogP contribution in [0.2, 0.25) is 0 Å². The fraction of sp³-hybridized carbons (Fsp3) is 0.389. The largest absolute Gasteiger partial charge is 0.508 e. The zero-order valence-corrected chi connectivity index (χ0v) is 13.4. The Hall–Kier alpha value is -2.63. The van der Waals surface area contributed by atoms with Gasteiger partial charge in [-0.25, -0.2) is 4.98 Å². The van der Waals surface area contributed by atoms with Crippen LogP contribution in [0.5, 0.6) is 5.75 Å². The number of benzene rings is 1. The number of hydrogen-bond donors (Lipinski definition) is 2. The van der Waals surface area contributed by atoms with E-state index in [2.05, 4.69) is 9.97 Å². The Morgan fingerprint density at radius 2 is 2.08 bits per heavy atom. The molecule has 1 atom stereocenters. The van der Waals surface area contributed by atoms with E-state index in [4.69, 9.17) is 0 Å². The Labute approximate surface area is 140 Å². The number of likely N-dealkylation sites (tertiary alicyclic amines) is 1. The molecule has 0 radical (unpaired) electrons. The molecular formula is C18H21N3O3. The number of aryl methyl sites for hydroxylation is 1. The lowest BCUT2D eigenvalue weighted by Gasteiger charge is -2.35. The van der Waals surface area contributed by atoms with Gasteiger partial charge in [-0.05, 0) is 49.8 Å². The third kappa shape index (κ3) is 3.64. The predicted molar refractivity (Wildman–Crippen MR) is 90.0 cm³/mol. The first-order chi connectivity index (χ1) is 11.6. The quantitative estimate of drug-likeness (QED) is 0.900. The van der Waals surface area contributed by atoms with E-state index < -0.39 is 5.56 Å². The molecule has 0 bridgehead atoms. The van der Waals surface area contributed by atoms with E-state index in [1.54, 1.807) is 12.1 Å². The number of aromatic amines is 1. The van der Waals surface area contributed by atoms with Crippen LogP contribution in [0.1, 0.15) is 41.6 Å². The Morgan fingerprint density at radius 3 is 2.83 bits per heavy atom. The summed E-state index contributed by atoms with van der Waals surface area (Å²) in [5.74, 6) is 0.0174. The van der Waals surface area contributed by atoms with Crippen LogP contribution in [0.25, 0.3) is 0 Å². The molecule has 1 saturated heterocycles. The van der Waals surface area contributed by atoms with Crippen LogP contribution in [0.3, 0.4) is 0 Å². The molecule has 0 saturated carbocycles. The van der Waals surface area contributed by atoms with Gasteiger partial charge in [-0.2, -0.15) is 0 Å². The monoisotopic (exact) mass is 327 g/mol. The number of nitrogens with one attached hydrogen (secondary N) is 1. The van der Waals surface area contributed by atoms with Gasteiger partial charge in [0.2, 0.25) is 0 Å². The van der Waals surface area contributed by atoms with E-state index in [0.717, 1.165) is 37.7 Å². The summed E-state index contributed by atoms with van der Waals surface area (Å²) in [6.07, 6.45) is 7.30. The Bertz CT molecular complexity index is 755. The molecule has 2 N–H and O–H groups in total. The fourth-order valence-electron chi connectivity index (χ4n) is 3.22. The number of amides is 1. The molecule has 1 aromatic carbocycles. The smallest absolute Gasteiger partial charge is 0.263 e. The van der Waals surface area contributed by atoms with Gasteiger partial charge in [0.1, 0.15) is 11.3 Å². The molecule has 126 valence electrons. The highest BCUT2D eigenvalue weighted by molar-refractivity contribution is 5.93. The summed E-state index contributed by atoms with van der Waals surface area (Å²) in [6, 6.07) is 7.27. The van der Waals surface area contributed by atoms with Crippen LogP contribution >= 0.6 is 0 Å². The van der Waals surface area contributed by atoms with Crippen LogP contribution in [0.4, 0.5) is 0 Å². The van der Waals surface area contributed by atoms with Crippen molar-refractivity contribution in [3.05, 3.63) is 58.3 Å². The minimum Gasteiger partial charge on any atom is -0.508 e. The molecular weight excluding hydrogens is 306 g/mol. The maximum Gasteiger partial charge on any atom is 0.263 e. The molecule has 24 heavy (non-hydrogen) atoms. The first-order valence-corrected chi connectivity index (χ1v) is 8.27. The fourth-order valence-corrected chi connectivity index (χ4v) is 3.22. The Balaban J connectivity index is 1.71. The van der Waals surface area contributed by atoms with Crippen molar-refractivity contribution in [2.24, 2.45) is 0 Å². The number of rotatable bonds is 4. The number of piperidine rings is 1. The standard InChI is InChI=1S/C18H21N3O3/c22-15-8-5-13(6-9-15)4-7-14-3-1-2-10-21(14)18(24)16-11-19-12-20-17(16)23/h5-6,8-9,11-12,14,22H,1-4,7,10H2,(H,19,20,23). The molecule has 1 fully saturated rings. The summed E-state index contributed by atoms with van der Waals surface area (Å²) in [5, 5.41) is 9.35. The number of aromatic nitrogens is 2. The first kappa shape index (κ1) is 16.2. The predicted octanol–water partition coefficient (Wildman–Crippen LogP) is 2.10. The number of carbonyl (C=O) groups excluding carboxylic acids is 1. The Kier molecular flexibility index (Phi) is 4.93. The summed E-state index contributed by atoms with van der Waals surface area (Å²) < 4.78 is 0. The van der Waals surface area contributed by atoms with E-state index in [1.807, 2.05) is 17.0 Å². The molecule has 1 unspecified atom stereocenters. The van der Waals surface area contributed by atoms with Gasteiger partial charge in [0.15, 0.2) is 0 Å². The van der Waals surface area contributed by atoms with Gasteiger partial charge in [-0.1, -0.05) is 12.1 Å². The first-order valence-electron chi connectivity index (χ1n) is 8.27. The second-order valence-corrected chi connectivity index (χ2v) is 6.15. The van der Waals surface area contributed by atoms with Crippen molar-refractivity contribution in [3.8, 4) is 5.75 Å². The van der Waals surface area contributed by atoms with Gasteiger partial charge in [-0.3, -0.25) is 9.59 Å². The van der Waals surface area contributed by atoms with Crippen LogP contribution in [-0.2, 0) is 6.42 Å². The number of hydrogen-bond acceptors (Lipinski definition) is 4. The van der Waals surface area contributed by atoms with Crippen LogP contribution < -0.4 is 5.56 Å². The molecule has 3 rings (SSSR count). The number of phenols is 1. The molecule has 2 aromatic rings. The topological polar surface area (TPSA) is 86.3 Å². The van der Waals surface area contributed by atoms with Crippen molar-refractivity contribution in [1.82, 2.24) is 14.9 Å². The summed E-state index contributed by atoms with van der Waals surface area (Å²) in [5.41, 5.74) is 0.844. The molecule has 1 amide bonds. The highest BCUT2D eigenvalue weighted by atomic mass is 16.3. The third-order valence-corrected chi connectivity index (χ3v) is 4.54. The lowest BCUT2D eigenvalue weighted by Crippen LogP contribution is -2.45. The van der Waals surface area contributed by atoms with Crippen LogP contribution in [-0.4, -0.2) is 38.5 Å². The average Bonchev–Trinajstić information content (AvgIpc) is 2.61. The summed E-state index contributed by atoms with van der Waals surface area (Å²) >= 11 is 0. The highest BCUT2D eigenvalue weighted by Gasteiger charge is 2.28. The lowest BCUT2D eigenvalue weighted by atomic mass is 9.95. The SMILES string of the molecule is O=C(c1cnc[nH]c1=O)N1CCCCC1CCc1ccc(O)cc1. The van der Waals surface area contributed by atoms with E-state index in [0.29, 0.717) is 6.54 Å². The molecule has 6 nitrogen and oxygen atoms in total. The minimum atomic E-state index is -0.391. The summed E-state index contributed by atoms with van der Waals surface area (Å²) in [6.45, 7) is 0.674. The number of carbonyl (C=O) groups is 1. The van der Waals surface area contributed by atoms with Crippen molar-refractivity contribution >= 4 is 5.91 Å². The van der Waals surface area contributed by atoms with Crippen molar-refractivity contribution in [1.29, 1.82) is 0 Å². The summed E-state index contributed by atoms with van der Waals surface area (Å²) in [7, 11) is 0. The minimum absolute atomic E-state index is 0.106. The number of H-pyrrole nitrogens is 1. The van der Waals surface area contributed by atoms with E-state index in [-0.39, 0.29) is 23.3 Å². The molecule has 0 aliphatic carbocycles. The van der Waals surface area contributed by atoms with Crippen LogP contribution in [0.15, 0.2) is 41.6 Å². The van der Waals surface area contributed by atoms with Crippen molar-refractivity contribution in [2.45, 2.75) is 38.1 Å². The molecule has 1 aliphatic rings. The zero-order chi connectivity index (χ0) is 16.9. The van der Waals surface area contributed by atoms with Gasteiger partial charge in [-0.15, -0.1) is 0 Å². The zero-order valence-electron chi connectivity index (χ0n) is 13.4. The number of aromatic hydroxyl groups is 1. The average molecular weight is 327 g/mol. The molecule has 0 spiro atoms. The number of phenolic OH excluding ortho intramolecular Hbond substituents is 1. The lowest BCUT2D eigenvalue weighted by molar-refractivity contribution is 0.0599. The van der Waals surface area contributed by atoms with E-state index in [9.17, 15) is 14.7 Å². The Morgan fingerprint density at radius 1 is 1.29 bits per heavy atom. The molecule has 1 aromatic heterocycles. The summed E-state index contributed by atoms with van der Waals surface area (Å²) in [4.78, 5) is 32.7. The van der Waals surface area contributed by atoms with E-state index >= 15 is 0 Å². The van der Waals surface area contributed by atoms with Crippen LogP contribution in [0, 0.1) is 0 Å². The van der Waals surface area contributed by atoms with Crippen molar-refractivity contribution in [3.63, 3.8) is 0 Å². The third-order valence-electron chi connectivity index (χ3n) is 4.54. The normalized spacial score (nSPS) is 17.7. The van der Waals surface area contributed by atoms with Gasteiger partial charge in [0, 0.05) is 18.8 Å². The van der Waals surface area contributed by atoms with Gasteiger partial charge in [0.25, 0.3) is 11.5 Å². The second kappa shape index (κ2) is 7.29. The number of nitrogens with zero attached hydrogens (tertiary/aromatic N) is 2. The van der Waals surface area contributed by atoms with Crippen molar-refractivity contribution in [2.75, 3.05) is 6.54 Å². The maximum absolute atomic E-state index is 12.7. The second-order valence-electron chi connectivity index (χ2n) is 6.15. The molecule has 2 heterocycles. The van der Waals surface area contributed by atoms with Crippen molar-refractivity contribution < 1.29 is 9.90 Å². The molecule has 6 heteroatoms. The van der Waals surface area contributed by atoms with Gasteiger partial charge >= 0.3 is 0 Å². The van der Waals surface area contributed by atoms with E-state index in [1.165, 1.54) is 12.5 Å². The highest BCUT2D eigenvalue weighted by Crippen LogP contribution is 2.23. The molecule has 1 aliphatic heterocycles. The van der Waals surface area contributed by atoms with Gasteiger partial charge in [0.05, 0.1) is 6.33 Å². The van der Waals surface area contributed by atoms with Gasteiger partial charge < -0.3 is 15.0 Å². The maximum atomic E-state index is 12.7.